The van der Waals surface area contributed by atoms with Crippen molar-refractivity contribution < 1.29 is 18.7 Å². The van der Waals surface area contributed by atoms with Crippen molar-refractivity contribution in [2.45, 2.75) is 37.3 Å². The highest BCUT2D eigenvalue weighted by Crippen LogP contribution is 2.29. The number of ketones is 1. The predicted octanol–water partition coefficient (Wildman–Crippen LogP) is 2.07. The molecule has 2 aliphatic rings. The lowest BCUT2D eigenvalue weighted by Crippen LogP contribution is -2.63. The Labute approximate surface area is 123 Å². The molecule has 0 aromatic heterocycles. The van der Waals surface area contributed by atoms with Crippen LogP contribution in [-0.2, 0) is 9.53 Å². The zero-order valence-corrected chi connectivity index (χ0v) is 11.9. The average Bonchev–Trinajstić information content (AvgIpc) is 2.45. The number of carbonyl (C=O) groups excluding carboxylic acids is 1. The van der Waals surface area contributed by atoms with Gasteiger partial charge in [-0.1, -0.05) is 0 Å². The summed E-state index contributed by atoms with van der Waals surface area (Å²) in [4.78, 5) is 11.8. The van der Waals surface area contributed by atoms with Crippen LogP contribution in [0.2, 0.25) is 0 Å². The summed E-state index contributed by atoms with van der Waals surface area (Å²) < 4.78 is 24.0. The van der Waals surface area contributed by atoms with Crippen molar-refractivity contribution in [1.29, 1.82) is 0 Å². The van der Waals surface area contributed by atoms with Crippen molar-refractivity contribution in [1.82, 2.24) is 5.32 Å². The van der Waals surface area contributed by atoms with Gasteiger partial charge in [-0.05, 0) is 37.1 Å². The normalized spacial score (nSPS) is 28.4. The molecule has 0 saturated carbocycles. The fraction of sp³-hybridized carbons (Fsp3) is 0.562. The van der Waals surface area contributed by atoms with Crippen LogP contribution in [0.4, 0.5) is 4.39 Å². The molecule has 2 saturated heterocycles. The first-order valence-electron chi connectivity index (χ1n) is 7.41. The molecule has 2 aliphatic heterocycles. The average molecular weight is 293 g/mol. The third kappa shape index (κ3) is 3.60. The summed E-state index contributed by atoms with van der Waals surface area (Å²) in [5.41, 5.74) is -0.218. The summed E-state index contributed by atoms with van der Waals surface area (Å²) in [7, 11) is 0. The molecule has 2 unspecified atom stereocenters. The highest BCUT2D eigenvalue weighted by atomic mass is 19.1. The molecule has 2 fully saturated rings. The fourth-order valence-electron chi connectivity index (χ4n) is 3.21. The number of ether oxygens (including phenoxy) is 2. The van der Waals surface area contributed by atoms with Crippen LogP contribution >= 0.6 is 0 Å². The van der Waals surface area contributed by atoms with Crippen molar-refractivity contribution in [2.24, 2.45) is 0 Å². The summed E-state index contributed by atoms with van der Waals surface area (Å²) in [6, 6.07) is 6.17. The van der Waals surface area contributed by atoms with E-state index in [0.29, 0.717) is 44.2 Å². The Hall–Kier alpha value is -1.46. The second-order valence-electron chi connectivity index (χ2n) is 5.96. The van der Waals surface area contributed by atoms with Gasteiger partial charge in [0.2, 0.25) is 0 Å². The van der Waals surface area contributed by atoms with E-state index in [2.05, 4.69) is 5.32 Å². The molecular formula is C16H20FNO3. The molecule has 4 nitrogen and oxygen atoms in total. The molecule has 114 valence electrons. The van der Waals surface area contributed by atoms with Gasteiger partial charge in [-0.2, -0.15) is 0 Å². The third-order valence-corrected chi connectivity index (χ3v) is 4.10. The Balaban J connectivity index is 1.48. The number of piperidine rings is 1. The number of morpholine rings is 1. The van der Waals surface area contributed by atoms with Crippen LogP contribution in [0, 0.1) is 5.82 Å². The molecule has 3 rings (SSSR count). The molecule has 0 aliphatic carbocycles. The minimum atomic E-state index is -0.267. The lowest BCUT2D eigenvalue weighted by atomic mass is 9.81. The van der Waals surface area contributed by atoms with Gasteiger partial charge in [0.15, 0.2) is 0 Å². The molecule has 2 bridgehead atoms. The van der Waals surface area contributed by atoms with Gasteiger partial charge in [0, 0.05) is 24.4 Å². The van der Waals surface area contributed by atoms with Gasteiger partial charge in [0.1, 0.15) is 17.3 Å². The van der Waals surface area contributed by atoms with Crippen molar-refractivity contribution in [3.8, 4) is 5.75 Å². The molecular weight excluding hydrogens is 273 g/mol. The molecule has 0 amide bonds. The van der Waals surface area contributed by atoms with E-state index in [1.807, 2.05) is 0 Å². The number of fused-ring (bicyclic) bond motifs is 2. The number of nitrogens with one attached hydrogen (secondary N) is 1. The summed E-state index contributed by atoms with van der Waals surface area (Å²) in [5, 5.41) is 3.55. The SMILES string of the molecule is O=C1CC2COCC(CCCOc3ccc(F)cc3)(C1)N2. The monoisotopic (exact) mass is 293 g/mol. The van der Waals surface area contributed by atoms with E-state index in [4.69, 9.17) is 9.47 Å². The number of hydrogen-bond acceptors (Lipinski definition) is 4. The first kappa shape index (κ1) is 14.5. The Morgan fingerprint density at radius 1 is 1.38 bits per heavy atom. The Morgan fingerprint density at radius 3 is 3.00 bits per heavy atom. The molecule has 5 heteroatoms. The Bertz CT molecular complexity index is 505. The molecule has 1 aromatic carbocycles. The fourth-order valence-corrected chi connectivity index (χ4v) is 3.21. The first-order valence-corrected chi connectivity index (χ1v) is 7.41. The van der Waals surface area contributed by atoms with Crippen LogP contribution < -0.4 is 10.1 Å². The van der Waals surface area contributed by atoms with Crippen molar-refractivity contribution in [3.63, 3.8) is 0 Å². The van der Waals surface area contributed by atoms with Crippen molar-refractivity contribution in [3.05, 3.63) is 30.1 Å². The minimum Gasteiger partial charge on any atom is -0.494 e. The number of hydrogen-bond donors (Lipinski definition) is 1. The van der Waals surface area contributed by atoms with Crippen LogP contribution in [0.3, 0.4) is 0 Å². The Kier molecular flexibility index (Phi) is 4.22. The van der Waals surface area contributed by atoms with Crippen LogP contribution in [-0.4, -0.2) is 37.2 Å². The van der Waals surface area contributed by atoms with E-state index in [-0.39, 0.29) is 17.4 Å². The maximum Gasteiger partial charge on any atom is 0.136 e. The van der Waals surface area contributed by atoms with E-state index in [1.54, 1.807) is 12.1 Å². The number of rotatable bonds is 5. The molecule has 1 aromatic rings. The van der Waals surface area contributed by atoms with Crippen molar-refractivity contribution >= 4 is 5.78 Å². The van der Waals surface area contributed by atoms with E-state index < -0.39 is 0 Å². The van der Waals surface area contributed by atoms with Gasteiger partial charge in [0.05, 0.1) is 19.8 Å². The van der Waals surface area contributed by atoms with Gasteiger partial charge < -0.3 is 14.8 Å². The van der Waals surface area contributed by atoms with Crippen LogP contribution in [0.15, 0.2) is 24.3 Å². The van der Waals surface area contributed by atoms with Gasteiger partial charge in [-0.15, -0.1) is 0 Å². The van der Waals surface area contributed by atoms with Gasteiger partial charge >= 0.3 is 0 Å². The van der Waals surface area contributed by atoms with Crippen LogP contribution in [0.1, 0.15) is 25.7 Å². The lowest BCUT2D eigenvalue weighted by molar-refractivity contribution is -0.130. The van der Waals surface area contributed by atoms with E-state index in [1.165, 1.54) is 12.1 Å². The molecule has 2 atom stereocenters. The predicted molar refractivity (Wildman–Crippen MR) is 75.8 cm³/mol. The molecule has 1 N–H and O–H groups in total. The largest absolute Gasteiger partial charge is 0.494 e. The third-order valence-electron chi connectivity index (χ3n) is 4.10. The highest BCUT2D eigenvalue weighted by molar-refractivity contribution is 5.81. The van der Waals surface area contributed by atoms with E-state index >= 15 is 0 Å². The highest BCUT2D eigenvalue weighted by Gasteiger charge is 2.42. The number of halogens is 1. The second kappa shape index (κ2) is 6.12. The zero-order valence-electron chi connectivity index (χ0n) is 11.9. The quantitative estimate of drug-likeness (QED) is 0.844. The van der Waals surface area contributed by atoms with Crippen LogP contribution in [0.5, 0.6) is 5.75 Å². The summed E-state index contributed by atoms with van der Waals surface area (Å²) >= 11 is 0. The van der Waals surface area contributed by atoms with Crippen molar-refractivity contribution in [2.75, 3.05) is 19.8 Å². The van der Waals surface area contributed by atoms with Crippen LogP contribution in [0.25, 0.3) is 0 Å². The first-order chi connectivity index (χ1) is 10.2. The zero-order chi connectivity index (χ0) is 14.7. The van der Waals surface area contributed by atoms with Gasteiger partial charge in [0.25, 0.3) is 0 Å². The summed E-state index contributed by atoms with van der Waals surface area (Å²) in [5.74, 6) is 0.720. The Morgan fingerprint density at radius 2 is 2.19 bits per heavy atom. The van der Waals surface area contributed by atoms with Gasteiger partial charge in [-0.25, -0.2) is 4.39 Å². The molecule has 21 heavy (non-hydrogen) atoms. The summed E-state index contributed by atoms with van der Waals surface area (Å²) in [6.07, 6.45) is 2.79. The maximum absolute atomic E-state index is 12.8. The molecule has 0 radical (unpaired) electrons. The number of Topliss-reactive ketones (excluding diaryl/α,β-unsaturated/α-hetero) is 1. The maximum atomic E-state index is 12.8. The number of benzene rings is 1. The minimum absolute atomic E-state index is 0.165. The second-order valence-corrected chi connectivity index (χ2v) is 5.96. The standard InChI is InChI=1S/C16H20FNO3/c17-12-2-4-15(5-3-12)21-7-1-6-16-9-14(19)8-13(18-16)10-20-11-16/h2-5,13,18H,1,6-11H2. The lowest BCUT2D eigenvalue weighted by Gasteiger charge is -2.45. The molecule has 2 heterocycles. The molecule has 0 spiro atoms. The smallest absolute Gasteiger partial charge is 0.136 e. The van der Waals surface area contributed by atoms with Gasteiger partial charge in [-0.3, -0.25) is 4.79 Å². The number of carbonyl (C=O) groups is 1. The summed E-state index contributed by atoms with van der Waals surface area (Å²) in [6.45, 7) is 1.76. The topological polar surface area (TPSA) is 47.6 Å². The van der Waals surface area contributed by atoms with E-state index in [0.717, 1.165) is 12.8 Å². The van der Waals surface area contributed by atoms with E-state index in [9.17, 15) is 9.18 Å².